The van der Waals surface area contributed by atoms with E-state index in [2.05, 4.69) is 10.5 Å². The molecule has 0 fully saturated rings. The Labute approximate surface area is 149 Å². The molecule has 4 nitrogen and oxygen atoms in total. The maximum atomic E-state index is 13.3. The average Bonchev–Trinajstić information content (AvgIpc) is 3.04. The number of rotatable bonds is 4. The van der Waals surface area contributed by atoms with Gasteiger partial charge in [-0.3, -0.25) is 4.79 Å². The number of halogens is 3. The highest BCUT2D eigenvalue weighted by Gasteiger charge is 2.32. The highest BCUT2D eigenvalue weighted by atomic mass is 19.4. The standard InChI is InChI=1S/C19H21F3N2O2/c1-3-11(2)18(25)23-14-9-12(8-13(10-14)19(20,21)22)17-15-6-4-5-7-16(15)24-26-17/h8-11H,3-7H2,1-2H3,(H,23,25). The lowest BCUT2D eigenvalue weighted by Crippen LogP contribution is -2.20. The predicted octanol–water partition coefficient (Wildman–Crippen LogP) is 5.22. The number of fused-ring (bicyclic) bond motifs is 1. The maximum Gasteiger partial charge on any atom is 0.416 e. The SMILES string of the molecule is CCC(C)C(=O)Nc1cc(-c2onc3c2CCCC3)cc(C(F)(F)F)c1. The molecule has 1 aromatic carbocycles. The number of hydrogen-bond acceptors (Lipinski definition) is 3. The Morgan fingerprint density at radius 1 is 1.27 bits per heavy atom. The number of nitrogens with one attached hydrogen (secondary N) is 1. The number of alkyl halides is 3. The van der Waals surface area contributed by atoms with Crippen molar-refractivity contribution < 1.29 is 22.5 Å². The van der Waals surface area contributed by atoms with Crippen molar-refractivity contribution in [1.82, 2.24) is 5.16 Å². The number of carbonyl (C=O) groups is 1. The topological polar surface area (TPSA) is 55.1 Å². The van der Waals surface area contributed by atoms with Crippen molar-refractivity contribution in [2.24, 2.45) is 5.92 Å². The molecule has 1 N–H and O–H groups in total. The highest BCUT2D eigenvalue weighted by molar-refractivity contribution is 5.93. The van der Waals surface area contributed by atoms with Crippen LogP contribution in [0.5, 0.6) is 0 Å². The Morgan fingerprint density at radius 3 is 2.69 bits per heavy atom. The number of hydrogen-bond donors (Lipinski definition) is 1. The number of amides is 1. The van der Waals surface area contributed by atoms with Gasteiger partial charge in [0.25, 0.3) is 0 Å². The number of anilines is 1. The van der Waals surface area contributed by atoms with Crippen molar-refractivity contribution in [2.45, 2.75) is 52.1 Å². The molecule has 0 bridgehead atoms. The van der Waals surface area contributed by atoms with E-state index in [0.29, 0.717) is 12.2 Å². The van der Waals surface area contributed by atoms with Crippen molar-refractivity contribution in [3.8, 4) is 11.3 Å². The summed E-state index contributed by atoms with van der Waals surface area (Å²) in [4.78, 5) is 12.1. The molecule has 1 aliphatic rings. The minimum Gasteiger partial charge on any atom is -0.356 e. The quantitative estimate of drug-likeness (QED) is 0.807. The summed E-state index contributed by atoms with van der Waals surface area (Å²) in [6, 6.07) is 3.52. The van der Waals surface area contributed by atoms with Gasteiger partial charge >= 0.3 is 6.18 Å². The summed E-state index contributed by atoms with van der Waals surface area (Å²) in [6.07, 6.45) is -0.455. The van der Waals surface area contributed by atoms with Gasteiger partial charge in [0.1, 0.15) is 0 Å². The van der Waals surface area contributed by atoms with Gasteiger partial charge < -0.3 is 9.84 Å². The molecule has 1 heterocycles. The lowest BCUT2D eigenvalue weighted by molar-refractivity contribution is -0.137. The number of carbonyl (C=O) groups excluding carboxylic acids is 1. The molecule has 1 aromatic heterocycles. The summed E-state index contributed by atoms with van der Waals surface area (Å²) < 4.78 is 45.4. The van der Waals surface area contributed by atoms with E-state index >= 15 is 0 Å². The molecule has 140 valence electrons. The van der Waals surface area contributed by atoms with E-state index in [9.17, 15) is 18.0 Å². The summed E-state index contributed by atoms with van der Waals surface area (Å²) in [5, 5.41) is 6.60. The lowest BCUT2D eigenvalue weighted by atomic mass is 9.93. The fraction of sp³-hybridized carbons (Fsp3) is 0.474. The average molecular weight is 366 g/mol. The van der Waals surface area contributed by atoms with E-state index in [4.69, 9.17) is 4.52 Å². The van der Waals surface area contributed by atoms with E-state index in [1.807, 2.05) is 6.92 Å². The molecule has 0 spiro atoms. The van der Waals surface area contributed by atoms with Crippen LogP contribution in [0.1, 0.15) is 49.9 Å². The van der Waals surface area contributed by atoms with Gasteiger partial charge in [-0.15, -0.1) is 0 Å². The zero-order valence-electron chi connectivity index (χ0n) is 14.7. The third kappa shape index (κ3) is 3.76. The fourth-order valence-electron chi connectivity index (χ4n) is 3.06. The van der Waals surface area contributed by atoms with Crippen LogP contribution in [0.4, 0.5) is 18.9 Å². The number of nitrogens with zero attached hydrogens (tertiary/aromatic N) is 1. The maximum absolute atomic E-state index is 13.3. The van der Waals surface area contributed by atoms with Crippen LogP contribution in [0.3, 0.4) is 0 Å². The van der Waals surface area contributed by atoms with Crippen LogP contribution < -0.4 is 5.32 Å². The van der Waals surface area contributed by atoms with Crippen LogP contribution in [0.15, 0.2) is 22.7 Å². The van der Waals surface area contributed by atoms with Crippen LogP contribution >= 0.6 is 0 Å². The van der Waals surface area contributed by atoms with Crippen LogP contribution in [0.2, 0.25) is 0 Å². The largest absolute Gasteiger partial charge is 0.416 e. The van der Waals surface area contributed by atoms with E-state index < -0.39 is 11.7 Å². The van der Waals surface area contributed by atoms with Crippen LogP contribution in [-0.2, 0) is 23.8 Å². The second-order valence-corrected chi connectivity index (χ2v) is 6.74. The molecule has 1 atom stereocenters. The Hall–Kier alpha value is -2.31. The summed E-state index contributed by atoms with van der Waals surface area (Å²) in [7, 11) is 0. The van der Waals surface area contributed by atoms with Gasteiger partial charge in [-0.05, 0) is 50.3 Å². The Balaban J connectivity index is 2.03. The first-order chi connectivity index (χ1) is 12.3. The minimum absolute atomic E-state index is 0.112. The second-order valence-electron chi connectivity index (χ2n) is 6.74. The molecule has 3 rings (SSSR count). The molecular weight excluding hydrogens is 345 g/mol. The van der Waals surface area contributed by atoms with Gasteiger partial charge in [-0.25, -0.2) is 0 Å². The number of benzene rings is 1. The van der Waals surface area contributed by atoms with Gasteiger partial charge in [-0.1, -0.05) is 19.0 Å². The van der Waals surface area contributed by atoms with E-state index in [1.165, 1.54) is 6.07 Å². The second kappa shape index (κ2) is 7.13. The first-order valence-corrected chi connectivity index (χ1v) is 8.80. The van der Waals surface area contributed by atoms with Gasteiger partial charge in [0, 0.05) is 22.7 Å². The van der Waals surface area contributed by atoms with Gasteiger partial charge in [0.15, 0.2) is 5.76 Å². The Morgan fingerprint density at radius 2 is 2.00 bits per heavy atom. The fourth-order valence-corrected chi connectivity index (χ4v) is 3.06. The first kappa shape index (κ1) is 18.5. The molecule has 2 aromatic rings. The number of aryl methyl sites for hydroxylation is 1. The molecule has 7 heteroatoms. The number of aromatic nitrogens is 1. The minimum atomic E-state index is -4.52. The first-order valence-electron chi connectivity index (χ1n) is 8.80. The molecule has 1 unspecified atom stereocenters. The van der Waals surface area contributed by atoms with E-state index in [0.717, 1.165) is 49.1 Å². The molecule has 0 saturated heterocycles. The van der Waals surface area contributed by atoms with Crippen molar-refractivity contribution >= 4 is 11.6 Å². The van der Waals surface area contributed by atoms with Crippen molar-refractivity contribution in [3.63, 3.8) is 0 Å². The van der Waals surface area contributed by atoms with Crippen LogP contribution in [0.25, 0.3) is 11.3 Å². The lowest BCUT2D eigenvalue weighted by Gasteiger charge is -2.15. The third-order valence-electron chi connectivity index (χ3n) is 4.81. The summed E-state index contributed by atoms with van der Waals surface area (Å²) in [5.41, 5.74) is 1.26. The molecule has 1 amide bonds. The molecular formula is C19H21F3N2O2. The van der Waals surface area contributed by atoms with Crippen LogP contribution in [-0.4, -0.2) is 11.1 Å². The summed E-state index contributed by atoms with van der Waals surface area (Å²) in [5.74, 6) is -0.228. The summed E-state index contributed by atoms with van der Waals surface area (Å²) >= 11 is 0. The van der Waals surface area contributed by atoms with E-state index in [1.54, 1.807) is 6.92 Å². The van der Waals surface area contributed by atoms with Crippen molar-refractivity contribution in [3.05, 3.63) is 35.0 Å². The Kier molecular flexibility index (Phi) is 5.07. The van der Waals surface area contributed by atoms with Crippen molar-refractivity contribution in [1.29, 1.82) is 0 Å². The third-order valence-corrected chi connectivity index (χ3v) is 4.81. The molecule has 1 aliphatic carbocycles. The van der Waals surface area contributed by atoms with Gasteiger partial charge in [0.05, 0.1) is 11.3 Å². The van der Waals surface area contributed by atoms with Crippen LogP contribution in [0, 0.1) is 5.92 Å². The molecule has 0 aliphatic heterocycles. The van der Waals surface area contributed by atoms with E-state index in [-0.39, 0.29) is 23.1 Å². The Bertz CT molecular complexity index is 812. The normalized spacial score (nSPS) is 15.4. The highest BCUT2D eigenvalue weighted by Crippen LogP contribution is 2.38. The molecule has 26 heavy (non-hydrogen) atoms. The van der Waals surface area contributed by atoms with Gasteiger partial charge in [0.2, 0.25) is 5.91 Å². The molecule has 0 radical (unpaired) electrons. The smallest absolute Gasteiger partial charge is 0.356 e. The zero-order valence-corrected chi connectivity index (χ0v) is 14.7. The predicted molar refractivity (Wildman–Crippen MR) is 91.7 cm³/mol. The zero-order chi connectivity index (χ0) is 18.9. The van der Waals surface area contributed by atoms with Gasteiger partial charge in [-0.2, -0.15) is 13.2 Å². The monoisotopic (exact) mass is 366 g/mol. The van der Waals surface area contributed by atoms with Crippen molar-refractivity contribution in [2.75, 3.05) is 5.32 Å². The summed E-state index contributed by atoms with van der Waals surface area (Å²) in [6.45, 7) is 3.58. The molecule has 0 saturated carbocycles.